The maximum atomic E-state index is 9.69. The maximum Gasteiger partial charge on any atom is 0.126 e. The summed E-state index contributed by atoms with van der Waals surface area (Å²) in [5.41, 5.74) is 0.540. The van der Waals surface area contributed by atoms with Gasteiger partial charge in [-0.15, -0.1) is 0 Å². The minimum absolute atomic E-state index is 0.447. The number of nitrogens with one attached hydrogen (secondary N) is 1. The van der Waals surface area contributed by atoms with Crippen molar-refractivity contribution in [3.05, 3.63) is 24.3 Å². The van der Waals surface area contributed by atoms with Gasteiger partial charge in [-0.1, -0.05) is 6.92 Å². The van der Waals surface area contributed by atoms with Crippen molar-refractivity contribution in [1.82, 2.24) is 4.90 Å². The summed E-state index contributed by atoms with van der Waals surface area (Å²) in [6.07, 6.45) is 4.01. The zero-order valence-corrected chi connectivity index (χ0v) is 13.1. The number of rotatable bonds is 5. The molecule has 4 nitrogen and oxygen atoms in total. The lowest BCUT2D eigenvalue weighted by atomic mass is 9.92. The van der Waals surface area contributed by atoms with E-state index in [1.54, 1.807) is 7.11 Å². The minimum Gasteiger partial charge on any atom is -0.497 e. The van der Waals surface area contributed by atoms with Crippen LogP contribution in [0.1, 0.15) is 32.6 Å². The summed E-state index contributed by atoms with van der Waals surface area (Å²) in [5, 5.41) is 13.1. The van der Waals surface area contributed by atoms with Crippen molar-refractivity contribution >= 4 is 5.69 Å². The Morgan fingerprint density at radius 3 is 2.67 bits per heavy atom. The Hall–Kier alpha value is -1.73. The lowest BCUT2D eigenvalue weighted by Crippen LogP contribution is -2.38. The number of anilines is 1. The van der Waals surface area contributed by atoms with Gasteiger partial charge >= 0.3 is 0 Å². The van der Waals surface area contributed by atoms with Crippen molar-refractivity contribution < 1.29 is 4.74 Å². The average Bonchev–Trinajstić information content (AvgIpc) is 2.72. The number of ether oxygens (including phenoxy) is 1. The van der Waals surface area contributed by atoms with Crippen LogP contribution < -0.4 is 10.1 Å². The molecule has 0 aliphatic carbocycles. The van der Waals surface area contributed by atoms with E-state index >= 15 is 0 Å². The lowest BCUT2D eigenvalue weighted by molar-refractivity contribution is 0.283. The van der Waals surface area contributed by atoms with Crippen molar-refractivity contribution in [1.29, 1.82) is 5.26 Å². The van der Waals surface area contributed by atoms with E-state index in [-0.39, 0.29) is 0 Å². The number of nitriles is 1. The second kappa shape index (κ2) is 7.33. The summed E-state index contributed by atoms with van der Waals surface area (Å²) in [6, 6.07) is 10.3. The standard InChI is InChI=1S/C17H25N3O/c1-3-11-20-12-4-9-17(14-18,10-13-20)19-15-5-7-16(21-2)8-6-15/h5-8,19H,3-4,9-13H2,1-2H3. The molecule has 1 N–H and O–H groups in total. The first-order chi connectivity index (χ1) is 10.2. The van der Waals surface area contributed by atoms with Gasteiger partial charge in [0.05, 0.1) is 13.2 Å². The first-order valence-electron chi connectivity index (χ1n) is 7.77. The van der Waals surface area contributed by atoms with Crippen LogP contribution in [0.4, 0.5) is 5.69 Å². The first-order valence-corrected chi connectivity index (χ1v) is 7.77. The molecule has 1 aliphatic rings. The van der Waals surface area contributed by atoms with Crippen molar-refractivity contribution in [3.63, 3.8) is 0 Å². The molecule has 114 valence electrons. The third-order valence-electron chi connectivity index (χ3n) is 4.16. The number of benzene rings is 1. The molecule has 21 heavy (non-hydrogen) atoms. The Bertz CT molecular complexity index is 480. The molecule has 0 amide bonds. The molecule has 1 fully saturated rings. The Morgan fingerprint density at radius 2 is 2.05 bits per heavy atom. The van der Waals surface area contributed by atoms with Gasteiger partial charge in [-0.05, 0) is 63.0 Å². The van der Waals surface area contributed by atoms with Crippen LogP contribution in [0, 0.1) is 11.3 Å². The van der Waals surface area contributed by atoms with E-state index in [0.29, 0.717) is 0 Å². The van der Waals surface area contributed by atoms with Gasteiger partial charge < -0.3 is 15.0 Å². The molecular weight excluding hydrogens is 262 g/mol. The zero-order valence-electron chi connectivity index (χ0n) is 13.1. The van der Waals surface area contributed by atoms with E-state index in [9.17, 15) is 5.26 Å². The van der Waals surface area contributed by atoms with E-state index in [0.717, 1.165) is 50.3 Å². The highest BCUT2D eigenvalue weighted by Gasteiger charge is 2.32. The number of likely N-dealkylation sites (tertiary alicyclic amines) is 1. The fourth-order valence-electron chi connectivity index (χ4n) is 2.95. The van der Waals surface area contributed by atoms with Crippen LogP contribution in [0.3, 0.4) is 0 Å². The van der Waals surface area contributed by atoms with Crippen LogP contribution in [0.15, 0.2) is 24.3 Å². The molecule has 4 heteroatoms. The molecule has 1 aromatic carbocycles. The van der Waals surface area contributed by atoms with E-state index < -0.39 is 5.54 Å². The van der Waals surface area contributed by atoms with Crippen LogP contribution in [-0.4, -0.2) is 37.2 Å². The van der Waals surface area contributed by atoms with Gasteiger partial charge in [0.15, 0.2) is 0 Å². The van der Waals surface area contributed by atoms with Gasteiger partial charge in [-0.25, -0.2) is 0 Å². The van der Waals surface area contributed by atoms with Gasteiger partial charge in [0, 0.05) is 12.2 Å². The van der Waals surface area contributed by atoms with Gasteiger partial charge in [0.2, 0.25) is 0 Å². The smallest absolute Gasteiger partial charge is 0.126 e. The molecular formula is C17H25N3O. The Labute approximate surface area is 127 Å². The molecule has 0 aromatic heterocycles. The molecule has 1 aliphatic heterocycles. The highest BCUT2D eigenvalue weighted by Crippen LogP contribution is 2.27. The Balaban J connectivity index is 2.05. The molecule has 0 radical (unpaired) electrons. The quantitative estimate of drug-likeness (QED) is 0.903. The third kappa shape index (κ3) is 4.12. The highest BCUT2D eigenvalue weighted by molar-refractivity contribution is 5.50. The van der Waals surface area contributed by atoms with Crippen LogP contribution in [-0.2, 0) is 0 Å². The highest BCUT2D eigenvalue weighted by atomic mass is 16.5. The summed E-state index contributed by atoms with van der Waals surface area (Å²) in [5.74, 6) is 0.835. The molecule has 1 saturated heterocycles. The molecule has 1 atom stereocenters. The predicted octanol–water partition coefficient (Wildman–Crippen LogP) is 3.27. The van der Waals surface area contributed by atoms with Crippen LogP contribution in [0.2, 0.25) is 0 Å². The monoisotopic (exact) mass is 287 g/mol. The van der Waals surface area contributed by atoms with Gasteiger partial charge in [-0.2, -0.15) is 5.26 Å². The largest absolute Gasteiger partial charge is 0.497 e. The number of hydrogen-bond donors (Lipinski definition) is 1. The molecule has 0 bridgehead atoms. The second-order valence-corrected chi connectivity index (χ2v) is 5.74. The topological polar surface area (TPSA) is 48.3 Å². The predicted molar refractivity (Wildman–Crippen MR) is 85.5 cm³/mol. The first kappa shape index (κ1) is 15.7. The Kier molecular flexibility index (Phi) is 5.46. The molecule has 0 saturated carbocycles. The summed E-state index contributed by atoms with van der Waals surface area (Å²) in [7, 11) is 1.66. The normalized spacial score (nSPS) is 23.1. The average molecular weight is 287 g/mol. The summed E-state index contributed by atoms with van der Waals surface area (Å²) in [4.78, 5) is 2.47. The lowest BCUT2D eigenvalue weighted by Gasteiger charge is -2.28. The van der Waals surface area contributed by atoms with Gasteiger partial charge in [-0.3, -0.25) is 0 Å². The van der Waals surface area contributed by atoms with E-state index in [4.69, 9.17) is 4.74 Å². The summed E-state index contributed by atoms with van der Waals surface area (Å²) in [6.45, 7) is 5.42. The van der Waals surface area contributed by atoms with E-state index in [1.807, 2.05) is 24.3 Å². The van der Waals surface area contributed by atoms with E-state index in [1.165, 1.54) is 6.42 Å². The number of methoxy groups -OCH3 is 1. The fourth-order valence-corrected chi connectivity index (χ4v) is 2.95. The third-order valence-corrected chi connectivity index (χ3v) is 4.16. The minimum atomic E-state index is -0.447. The number of nitrogens with zero attached hydrogens (tertiary/aromatic N) is 2. The van der Waals surface area contributed by atoms with Crippen LogP contribution >= 0.6 is 0 Å². The molecule has 0 spiro atoms. The fraction of sp³-hybridized carbons (Fsp3) is 0.588. The SMILES string of the molecule is CCCN1CCCC(C#N)(Nc2ccc(OC)cc2)CC1. The van der Waals surface area contributed by atoms with Crippen molar-refractivity contribution in [2.75, 3.05) is 32.1 Å². The molecule has 1 unspecified atom stereocenters. The Morgan fingerprint density at radius 1 is 1.29 bits per heavy atom. The van der Waals surface area contributed by atoms with Gasteiger partial charge in [0.25, 0.3) is 0 Å². The maximum absolute atomic E-state index is 9.69. The van der Waals surface area contributed by atoms with Crippen molar-refractivity contribution in [2.24, 2.45) is 0 Å². The van der Waals surface area contributed by atoms with Crippen LogP contribution in [0.25, 0.3) is 0 Å². The van der Waals surface area contributed by atoms with Crippen molar-refractivity contribution in [2.45, 2.75) is 38.1 Å². The van der Waals surface area contributed by atoms with Crippen molar-refractivity contribution in [3.8, 4) is 11.8 Å². The molecule has 1 aromatic rings. The molecule has 2 rings (SSSR count). The van der Waals surface area contributed by atoms with Crippen LogP contribution in [0.5, 0.6) is 5.75 Å². The second-order valence-electron chi connectivity index (χ2n) is 5.74. The number of hydrogen-bond acceptors (Lipinski definition) is 4. The van der Waals surface area contributed by atoms with E-state index in [2.05, 4.69) is 23.2 Å². The van der Waals surface area contributed by atoms with Gasteiger partial charge in [0.1, 0.15) is 11.3 Å². The molecule has 1 heterocycles. The summed E-state index contributed by atoms with van der Waals surface area (Å²) < 4.78 is 5.17. The zero-order chi connectivity index (χ0) is 15.1. The summed E-state index contributed by atoms with van der Waals surface area (Å²) >= 11 is 0.